The van der Waals surface area contributed by atoms with Crippen molar-refractivity contribution in [3.8, 4) is 0 Å². The van der Waals surface area contributed by atoms with Crippen molar-refractivity contribution in [2.24, 2.45) is 0 Å². The molecule has 0 radical (unpaired) electrons. The Morgan fingerprint density at radius 3 is 0.714 bits per heavy atom. The summed E-state index contributed by atoms with van der Waals surface area (Å²) in [5.41, 5.74) is 0. The first kappa shape index (κ1) is 15.9. The Kier molecular flexibility index (Phi) is 13.3. The molecule has 0 nitrogen and oxygen atoms in total. The van der Waals surface area contributed by atoms with Crippen LogP contribution in [-0.4, -0.2) is 65.5 Å². The third-order valence-corrected chi connectivity index (χ3v) is 0. The van der Waals surface area contributed by atoms with Crippen molar-refractivity contribution >= 4 is 59.1 Å². The summed E-state index contributed by atoms with van der Waals surface area (Å²) in [6.07, 6.45) is -5.50. The molecule has 0 saturated carbocycles. The third-order valence-electron chi connectivity index (χ3n) is 0. The minimum atomic E-state index is -5.50. The Labute approximate surface area is 82.2 Å². The van der Waals surface area contributed by atoms with Crippen LogP contribution >= 0.6 is 0 Å². The molecule has 0 aliphatic carbocycles. The van der Waals surface area contributed by atoms with Gasteiger partial charge in [-0.2, -0.15) is 0 Å². The molecule has 0 bridgehead atoms. The maximum atomic E-state index is 9.69. The second-order valence-electron chi connectivity index (χ2n) is 0.429. The molecule has 0 aliphatic rings. The Bertz CT molecular complexity index is 25.2. The molecule has 6 heteroatoms. The van der Waals surface area contributed by atoms with Gasteiger partial charge in [0, 0.05) is 0 Å². The van der Waals surface area contributed by atoms with E-state index in [1.54, 1.807) is 0 Å². The number of hydrogen-bond donors (Lipinski definition) is 0. The molecule has 0 aromatic carbocycles. The van der Waals surface area contributed by atoms with Crippen LogP contribution in [0.2, 0.25) is 0 Å². The summed E-state index contributed by atoms with van der Waals surface area (Å²) < 4.78 is 38.8. The average molecular weight is 136 g/mol. The Morgan fingerprint density at radius 1 is 0.714 bits per heavy atom. The molecular formula is CH2F4Na2. The molecule has 0 rings (SSSR count). The van der Waals surface area contributed by atoms with Gasteiger partial charge < -0.3 is 0 Å². The molecule has 7 heavy (non-hydrogen) atoms. The molecule has 36 valence electrons. The SMILES string of the molecule is FC(F)(F)F.[NaH].[NaH]. The van der Waals surface area contributed by atoms with Gasteiger partial charge in [-0.25, -0.2) is 0 Å². The van der Waals surface area contributed by atoms with E-state index in [-0.39, 0.29) is 59.1 Å². The third kappa shape index (κ3) is 85.4. The molecule has 0 unspecified atom stereocenters. The fourth-order valence-corrected chi connectivity index (χ4v) is 0. The molecule has 0 aliphatic heterocycles. The van der Waals surface area contributed by atoms with Crippen LogP contribution in [0.15, 0.2) is 0 Å². The molecule has 0 aromatic rings. The van der Waals surface area contributed by atoms with Crippen LogP contribution < -0.4 is 0 Å². The second-order valence-corrected chi connectivity index (χ2v) is 0.429. The first-order valence-electron chi connectivity index (χ1n) is 0.756. The van der Waals surface area contributed by atoms with Gasteiger partial charge in [0.25, 0.3) is 0 Å². The molecule has 0 N–H and O–H groups in total. The monoisotopic (exact) mass is 136 g/mol. The fourth-order valence-electron chi connectivity index (χ4n) is 0. The van der Waals surface area contributed by atoms with Crippen LogP contribution in [0.3, 0.4) is 0 Å². The van der Waals surface area contributed by atoms with Gasteiger partial charge in [0.15, 0.2) is 0 Å². The van der Waals surface area contributed by atoms with Crippen molar-refractivity contribution in [3.05, 3.63) is 0 Å². The summed E-state index contributed by atoms with van der Waals surface area (Å²) in [5.74, 6) is 0. The zero-order chi connectivity index (χ0) is 4.50. The molecule has 0 atom stereocenters. The van der Waals surface area contributed by atoms with E-state index in [0.29, 0.717) is 0 Å². The van der Waals surface area contributed by atoms with Crippen LogP contribution in [0.4, 0.5) is 17.6 Å². The van der Waals surface area contributed by atoms with Crippen LogP contribution in [0, 0.1) is 0 Å². The van der Waals surface area contributed by atoms with Gasteiger partial charge in [-0.15, -0.1) is 17.6 Å². The Morgan fingerprint density at radius 2 is 0.714 bits per heavy atom. The maximum absolute atomic E-state index is 9.69. The van der Waals surface area contributed by atoms with Gasteiger partial charge in [-0.3, -0.25) is 0 Å². The number of alkyl halides is 4. The molecule has 0 saturated heterocycles. The summed E-state index contributed by atoms with van der Waals surface area (Å²) in [6, 6.07) is 0. The first-order valence-corrected chi connectivity index (χ1v) is 0.756. The van der Waals surface area contributed by atoms with Crippen molar-refractivity contribution in [1.29, 1.82) is 0 Å². The predicted molar refractivity (Wildman–Crippen MR) is 21.5 cm³/mol. The molecular weight excluding hydrogens is 134 g/mol. The van der Waals surface area contributed by atoms with Crippen molar-refractivity contribution in [2.75, 3.05) is 0 Å². The van der Waals surface area contributed by atoms with Crippen LogP contribution in [0.5, 0.6) is 0 Å². The van der Waals surface area contributed by atoms with E-state index in [1.807, 2.05) is 0 Å². The van der Waals surface area contributed by atoms with Crippen molar-refractivity contribution in [3.63, 3.8) is 0 Å². The summed E-state index contributed by atoms with van der Waals surface area (Å²) in [7, 11) is 0. The quantitative estimate of drug-likeness (QED) is 0.329. The van der Waals surface area contributed by atoms with Gasteiger partial charge >= 0.3 is 65.5 Å². The van der Waals surface area contributed by atoms with E-state index in [9.17, 15) is 17.6 Å². The van der Waals surface area contributed by atoms with Crippen molar-refractivity contribution < 1.29 is 17.6 Å². The topological polar surface area (TPSA) is 0 Å². The van der Waals surface area contributed by atoms with Gasteiger partial charge in [0.1, 0.15) is 0 Å². The van der Waals surface area contributed by atoms with E-state index in [1.165, 1.54) is 0 Å². The normalized spacial score (nSPS) is 8.57. The Hall–Kier alpha value is 1.72. The summed E-state index contributed by atoms with van der Waals surface area (Å²) >= 11 is 0. The van der Waals surface area contributed by atoms with Gasteiger partial charge in [-0.05, 0) is 0 Å². The number of rotatable bonds is 0. The molecule has 0 spiro atoms. The zero-order valence-corrected chi connectivity index (χ0v) is 2.01. The number of hydrogen-bond acceptors (Lipinski definition) is 0. The van der Waals surface area contributed by atoms with Crippen LogP contribution in [0.1, 0.15) is 0 Å². The Balaban J connectivity index is -0.0000000800. The first-order chi connectivity index (χ1) is 2.00. The van der Waals surface area contributed by atoms with E-state index in [0.717, 1.165) is 0 Å². The molecule has 0 heterocycles. The van der Waals surface area contributed by atoms with Gasteiger partial charge in [0.05, 0.1) is 0 Å². The molecule has 0 amide bonds. The predicted octanol–water partition coefficient (Wildman–Crippen LogP) is 0.179. The summed E-state index contributed by atoms with van der Waals surface area (Å²) in [4.78, 5) is 0. The van der Waals surface area contributed by atoms with Crippen LogP contribution in [0.25, 0.3) is 0 Å². The van der Waals surface area contributed by atoms with E-state index in [2.05, 4.69) is 0 Å². The summed E-state index contributed by atoms with van der Waals surface area (Å²) in [5, 5.41) is 0. The van der Waals surface area contributed by atoms with Gasteiger partial charge in [0.2, 0.25) is 0 Å². The van der Waals surface area contributed by atoms with Crippen LogP contribution in [-0.2, 0) is 0 Å². The van der Waals surface area contributed by atoms with Gasteiger partial charge in [-0.1, -0.05) is 0 Å². The van der Waals surface area contributed by atoms with Crippen molar-refractivity contribution in [2.45, 2.75) is 6.43 Å². The fraction of sp³-hybridized carbons (Fsp3) is 1.00. The van der Waals surface area contributed by atoms with E-state index in [4.69, 9.17) is 0 Å². The average Bonchev–Trinajstić information content (AvgIpc) is 0.722. The minimum absolute atomic E-state index is 0. The zero-order valence-electron chi connectivity index (χ0n) is 2.01. The second kappa shape index (κ2) is 5.85. The van der Waals surface area contributed by atoms with Crippen molar-refractivity contribution in [1.82, 2.24) is 0 Å². The van der Waals surface area contributed by atoms with E-state index < -0.39 is 6.43 Å². The molecule has 0 aromatic heterocycles. The number of halogens is 4. The van der Waals surface area contributed by atoms with E-state index >= 15 is 0 Å². The summed E-state index contributed by atoms with van der Waals surface area (Å²) in [6.45, 7) is 0. The standard InChI is InChI=1S/CF4.2Na.2H/c2-1(3,4)5;;;;. The molecule has 0 fully saturated rings.